The molecule has 0 aliphatic rings. The van der Waals surface area contributed by atoms with Crippen LogP contribution >= 0.6 is 0 Å². The van der Waals surface area contributed by atoms with Crippen molar-refractivity contribution >= 4 is 124 Å². The van der Waals surface area contributed by atoms with Gasteiger partial charge >= 0.3 is 0 Å². The molecule has 0 saturated heterocycles. The Morgan fingerprint density at radius 3 is 0.359 bits per heavy atom. The highest BCUT2D eigenvalue weighted by atomic mass is 16.2. The van der Waals surface area contributed by atoms with E-state index in [-0.39, 0.29) is 39.3 Å². The first-order valence-electron chi connectivity index (χ1n) is 27.2. The quantitative estimate of drug-likeness (QED) is 0.0269. The van der Waals surface area contributed by atoms with Crippen LogP contribution in [0.1, 0.15) is 6.92 Å². The number of rotatable bonds is 45. The van der Waals surface area contributed by atoms with Crippen LogP contribution in [0.4, 0.5) is 0 Å². The topological polar surface area (TPSA) is 689 Å². The van der Waals surface area contributed by atoms with E-state index in [2.05, 4.69) is 112 Å². The van der Waals surface area contributed by atoms with Crippen LogP contribution in [-0.2, 0) is 101 Å². The molecule has 45 heteroatoms. The van der Waals surface area contributed by atoms with Crippen LogP contribution in [0.5, 0.6) is 0 Å². The normalized spacial score (nSPS) is 10.2. The third kappa shape index (κ3) is 45.1. The first kappa shape index (κ1) is 80.8. The third-order valence-corrected chi connectivity index (χ3v) is 10.7. The van der Waals surface area contributed by atoms with Crippen molar-refractivity contribution in [1.29, 1.82) is 0 Å². The molecule has 0 fully saturated rings. The summed E-state index contributed by atoms with van der Waals surface area (Å²) >= 11 is 0. The van der Waals surface area contributed by atoms with Gasteiger partial charge in [0.2, 0.25) is 124 Å². The lowest BCUT2D eigenvalue weighted by Gasteiger charge is -2.30. The van der Waals surface area contributed by atoms with Crippen molar-refractivity contribution in [3.05, 3.63) is 0 Å². The molecular weight excluding hydrogens is 1240 g/mol. The van der Waals surface area contributed by atoms with Gasteiger partial charge in [-0.3, -0.25) is 101 Å². The van der Waals surface area contributed by atoms with Gasteiger partial charge in [-0.25, -0.2) is 0 Å². The summed E-state index contributed by atoms with van der Waals surface area (Å²) in [6.45, 7) is -11.3. The van der Waals surface area contributed by atoms with Crippen LogP contribution in [0.25, 0.3) is 0 Å². The Morgan fingerprint density at radius 2 is 0.261 bits per heavy atom. The number of carbonyl (C=O) groups is 21. The molecule has 92 heavy (non-hydrogen) atoms. The molecule has 512 valence electrons. The van der Waals surface area contributed by atoms with Gasteiger partial charge in [0.05, 0.1) is 137 Å². The van der Waals surface area contributed by atoms with E-state index < -0.39 is 247 Å². The summed E-state index contributed by atoms with van der Waals surface area (Å²) in [7, 11) is 0. The van der Waals surface area contributed by atoms with Crippen molar-refractivity contribution in [2.45, 2.75) is 6.92 Å². The van der Waals surface area contributed by atoms with Gasteiger partial charge in [-0.05, 0) is 0 Å². The molecule has 27 N–H and O–H groups in total. The second-order valence-corrected chi connectivity index (χ2v) is 18.7. The van der Waals surface area contributed by atoms with Crippen molar-refractivity contribution in [3.63, 3.8) is 0 Å². The largest absolute Gasteiger partial charge is 0.354 e. The number of hydrogen-bond acceptors (Lipinski definition) is 24. The molecule has 21 amide bonds. The summed E-state index contributed by atoms with van der Waals surface area (Å²) in [6, 6.07) is 0. The first-order valence-corrected chi connectivity index (χ1v) is 27.2. The minimum Gasteiger partial charge on any atom is -0.354 e. The van der Waals surface area contributed by atoms with Gasteiger partial charge in [0, 0.05) is 25.0 Å². The fraction of sp³-hybridized carbons (Fsp3) is 0.553. The van der Waals surface area contributed by atoms with Gasteiger partial charge in [-0.15, -0.1) is 0 Å². The summed E-state index contributed by atoms with van der Waals surface area (Å²) in [5, 5.41) is 46.9. The second-order valence-electron chi connectivity index (χ2n) is 18.7. The molecule has 0 aromatic rings. The molecule has 0 aliphatic carbocycles. The maximum atomic E-state index is 12.8. The van der Waals surface area contributed by atoms with Gasteiger partial charge in [-0.1, -0.05) is 6.92 Å². The Labute approximate surface area is 521 Å². The number of nitrogens with two attached hydrogens (primary N) is 3. The highest BCUT2D eigenvalue weighted by Crippen LogP contribution is 2.12. The molecule has 0 saturated carbocycles. The van der Waals surface area contributed by atoms with E-state index in [9.17, 15) is 101 Å². The van der Waals surface area contributed by atoms with E-state index in [0.29, 0.717) is 0 Å². The van der Waals surface area contributed by atoms with Crippen LogP contribution in [0.3, 0.4) is 0 Å². The van der Waals surface area contributed by atoms with Gasteiger partial charge in [-0.2, -0.15) is 0 Å². The second kappa shape index (κ2) is 46.8. The average Bonchev–Trinajstić information content (AvgIpc) is 1.53. The molecule has 0 spiro atoms. The van der Waals surface area contributed by atoms with Crippen LogP contribution in [-0.4, -0.2) is 281 Å². The predicted octanol–water partition coefficient (Wildman–Crippen LogP) is -19.7. The molecule has 0 rings (SSSR count). The van der Waals surface area contributed by atoms with E-state index in [1.165, 1.54) is 6.92 Å². The lowest BCUT2D eigenvalue weighted by atomic mass is 9.90. The van der Waals surface area contributed by atoms with E-state index in [1.54, 1.807) is 0 Å². The Balaban J connectivity index is 5.23. The number of amides is 21. The molecule has 0 radical (unpaired) electrons. The standard InChI is InChI=1S/C47H78N24O21/c1-47(23-69-44(90)20-66-41(87)17-63-38(84)14-60-35(81)11-57-32(78)8-54-29(75)5-51-26(72)2-48,24-70-45(91)21-67-42(88)18-64-39(85)15-61-36(82)12-58-33(79)9-55-30(76)6-52-27(73)3-49)25-71-46(92)22-68-43(89)19-65-40(86)16-62-37(83)13-59-34(80)10-56-31(77)7-53-28(74)4-50/h2-25,48-50H2,1H3,(H,51,72)(H,52,73)(H,53,74)(H,54,75)(H,55,76)(H,56,77)(H,57,78)(H,58,79)(H,59,80)(H,60,81)(H,61,82)(H,62,83)(H,63,84)(H,64,85)(H,65,86)(H,66,87)(H,67,88)(H,68,89)(H,69,90)(H,70,91)(H,71,92). The minimum atomic E-state index is -1.29. The summed E-state index contributed by atoms with van der Waals surface area (Å²) in [5.74, 6) is -16.4. The fourth-order valence-electron chi connectivity index (χ4n) is 5.68. The van der Waals surface area contributed by atoms with Gasteiger partial charge in [0.1, 0.15) is 0 Å². The van der Waals surface area contributed by atoms with Crippen molar-refractivity contribution in [3.8, 4) is 0 Å². The van der Waals surface area contributed by atoms with Crippen LogP contribution < -0.4 is 129 Å². The van der Waals surface area contributed by atoms with Crippen molar-refractivity contribution in [1.82, 2.24) is 112 Å². The zero-order valence-corrected chi connectivity index (χ0v) is 49.8. The SMILES string of the molecule is CC(CNC(=O)CNC(=O)CNC(=O)CNC(=O)CNC(=O)CNC(=O)CNC(=O)CN)(CNC(=O)CNC(=O)CNC(=O)CNC(=O)CNC(=O)CNC(=O)CNC(=O)CN)CNC(=O)CNC(=O)CNC(=O)CNC(=O)CNC(=O)CNC(=O)CNC(=O)CN. The first-order chi connectivity index (χ1) is 43.5. The Hall–Kier alpha value is -11.2. The summed E-state index contributed by atoms with van der Waals surface area (Å²) < 4.78 is 0. The zero-order chi connectivity index (χ0) is 69.4. The molecule has 0 aromatic heterocycles. The Bertz CT molecular complexity index is 2420. The number of carbonyl (C=O) groups excluding carboxylic acids is 21. The molecule has 45 nitrogen and oxygen atoms in total. The number of hydrogen-bond donors (Lipinski definition) is 24. The zero-order valence-electron chi connectivity index (χ0n) is 49.8. The Kier molecular flexibility index (Phi) is 41.1. The maximum absolute atomic E-state index is 12.8. The predicted molar refractivity (Wildman–Crippen MR) is 308 cm³/mol. The van der Waals surface area contributed by atoms with E-state index in [4.69, 9.17) is 17.2 Å². The van der Waals surface area contributed by atoms with Crippen LogP contribution in [0.2, 0.25) is 0 Å². The van der Waals surface area contributed by atoms with E-state index >= 15 is 0 Å². The van der Waals surface area contributed by atoms with Crippen LogP contribution in [0, 0.1) is 5.41 Å². The molecule has 0 aliphatic heterocycles. The van der Waals surface area contributed by atoms with Crippen LogP contribution in [0.15, 0.2) is 0 Å². The van der Waals surface area contributed by atoms with Crippen molar-refractivity contribution in [2.24, 2.45) is 22.6 Å². The molecule has 0 bridgehead atoms. The molecule has 0 atom stereocenters. The maximum Gasteiger partial charge on any atom is 0.239 e. The molecule has 0 unspecified atom stereocenters. The molecular formula is C47H78N24O21. The Morgan fingerprint density at radius 1 is 0.174 bits per heavy atom. The highest BCUT2D eigenvalue weighted by molar-refractivity contribution is 5.96. The lowest BCUT2D eigenvalue weighted by Crippen LogP contribution is -2.53. The minimum absolute atomic E-state index is 0.336. The van der Waals surface area contributed by atoms with Gasteiger partial charge < -0.3 is 129 Å². The average molecular weight is 1320 g/mol. The van der Waals surface area contributed by atoms with Gasteiger partial charge in [0.15, 0.2) is 0 Å². The van der Waals surface area contributed by atoms with Gasteiger partial charge in [0.25, 0.3) is 0 Å². The van der Waals surface area contributed by atoms with Crippen molar-refractivity contribution in [2.75, 3.05) is 157 Å². The molecule has 0 heterocycles. The van der Waals surface area contributed by atoms with E-state index in [0.717, 1.165) is 0 Å². The third-order valence-electron chi connectivity index (χ3n) is 10.7. The smallest absolute Gasteiger partial charge is 0.239 e. The summed E-state index contributed by atoms with van der Waals surface area (Å²) in [5.41, 5.74) is 14.0. The number of nitrogens with one attached hydrogen (secondary N) is 21. The molecule has 0 aromatic carbocycles. The summed E-state index contributed by atoms with van der Waals surface area (Å²) in [4.78, 5) is 253. The summed E-state index contributed by atoms with van der Waals surface area (Å²) in [6.07, 6.45) is 0. The van der Waals surface area contributed by atoms with E-state index in [1.807, 2.05) is 0 Å². The monoisotopic (exact) mass is 1310 g/mol. The highest BCUT2D eigenvalue weighted by Gasteiger charge is 2.28. The van der Waals surface area contributed by atoms with Crippen molar-refractivity contribution < 1.29 is 101 Å². The lowest BCUT2D eigenvalue weighted by molar-refractivity contribution is -0.129. The fourth-order valence-corrected chi connectivity index (χ4v) is 5.68.